The van der Waals surface area contributed by atoms with Gasteiger partial charge in [-0.2, -0.15) is 0 Å². The largest absolute Gasteiger partial charge is 0.478 e. The summed E-state index contributed by atoms with van der Waals surface area (Å²) in [6.45, 7) is 3.35. The lowest BCUT2D eigenvalue weighted by molar-refractivity contribution is -0.133. The summed E-state index contributed by atoms with van der Waals surface area (Å²) in [5.74, 6) is -2.21. The number of allylic oxidation sites excluding steroid dienone is 2. The van der Waals surface area contributed by atoms with Crippen LogP contribution in [-0.4, -0.2) is 22.8 Å². The van der Waals surface area contributed by atoms with Crippen LogP contribution in [0.4, 0.5) is 0 Å². The molecule has 160 valence electrons. The molecule has 2 bridgehead atoms. The second-order valence-corrected chi connectivity index (χ2v) is 7.92. The van der Waals surface area contributed by atoms with Gasteiger partial charge < -0.3 is 16.2 Å². The predicted molar refractivity (Wildman–Crippen MR) is 119 cm³/mol. The summed E-state index contributed by atoms with van der Waals surface area (Å²) < 4.78 is 0. The van der Waals surface area contributed by atoms with Crippen molar-refractivity contribution in [3.63, 3.8) is 0 Å². The number of benzene rings is 2. The number of rotatable bonds is 3. The SMILES string of the molecule is CC1=C(C(N)=O)C(c2cccc(Cl)c2)C(C(=O)O)=C(C)N1.O=C1CCc2cccc1c2. The van der Waals surface area contributed by atoms with E-state index in [2.05, 4.69) is 11.4 Å². The molecule has 2 aliphatic rings. The van der Waals surface area contributed by atoms with E-state index >= 15 is 0 Å². The second-order valence-electron chi connectivity index (χ2n) is 7.48. The third-order valence-electron chi connectivity index (χ3n) is 5.33. The van der Waals surface area contributed by atoms with Gasteiger partial charge in [0.25, 0.3) is 0 Å². The summed E-state index contributed by atoms with van der Waals surface area (Å²) >= 11 is 5.98. The normalized spacial score (nSPS) is 17.5. The van der Waals surface area contributed by atoms with Crippen LogP contribution in [-0.2, 0) is 16.0 Å². The fourth-order valence-corrected chi connectivity index (χ4v) is 4.12. The van der Waals surface area contributed by atoms with E-state index in [0.29, 0.717) is 28.4 Å². The van der Waals surface area contributed by atoms with Gasteiger partial charge in [-0.1, -0.05) is 41.9 Å². The van der Waals surface area contributed by atoms with Crippen LogP contribution >= 0.6 is 11.6 Å². The maximum absolute atomic E-state index is 11.8. The number of carboxylic acids is 1. The number of carbonyl (C=O) groups excluding carboxylic acids is 2. The Morgan fingerprint density at radius 2 is 1.71 bits per heavy atom. The molecule has 7 heteroatoms. The second kappa shape index (κ2) is 9.18. The highest BCUT2D eigenvalue weighted by Crippen LogP contribution is 2.38. The molecular weight excluding hydrogens is 416 g/mol. The first-order valence-corrected chi connectivity index (χ1v) is 10.2. The Hall–Kier alpha value is -3.38. The Labute approximate surface area is 185 Å². The van der Waals surface area contributed by atoms with Crippen molar-refractivity contribution in [1.82, 2.24) is 5.32 Å². The molecule has 1 amide bonds. The van der Waals surface area contributed by atoms with Gasteiger partial charge in [0.2, 0.25) is 5.91 Å². The Kier molecular flexibility index (Phi) is 6.61. The molecule has 2 aromatic rings. The van der Waals surface area contributed by atoms with Crippen LogP contribution in [0, 0.1) is 0 Å². The zero-order valence-electron chi connectivity index (χ0n) is 17.2. The average molecular weight is 439 g/mol. The molecule has 0 saturated carbocycles. The first-order valence-electron chi connectivity index (χ1n) is 9.78. The summed E-state index contributed by atoms with van der Waals surface area (Å²) in [6.07, 6.45) is 1.62. The highest BCUT2D eigenvalue weighted by Gasteiger charge is 2.35. The number of ketones is 1. The molecule has 0 spiro atoms. The van der Waals surface area contributed by atoms with Gasteiger partial charge in [0, 0.05) is 34.0 Å². The zero-order valence-corrected chi connectivity index (χ0v) is 18.0. The van der Waals surface area contributed by atoms with E-state index in [1.807, 2.05) is 18.2 Å². The van der Waals surface area contributed by atoms with Crippen molar-refractivity contribution in [3.05, 3.63) is 92.8 Å². The van der Waals surface area contributed by atoms with E-state index < -0.39 is 17.8 Å². The molecule has 0 aromatic heterocycles. The van der Waals surface area contributed by atoms with Crippen molar-refractivity contribution in [2.75, 3.05) is 0 Å². The van der Waals surface area contributed by atoms with E-state index in [4.69, 9.17) is 17.3 Å². The molecule has 1 aliphatic carbocycles. The van der Waals surface area contributed by atoms with Crippen LogP contribution in [0.2, 0.25) is 5.02 Å². The molecule has 1 unspecified atom stereocenters. The van der Waals surface area contributed by atoms with Crippen LogP contribution in [0.3, 0.4) is 0 Å². The van der Waals surface area contributed by atoms with Gasteiger partial charge in [0.1, 0.15) is 0 Å². The number of aryl methyl sites for hydroxylation is 1. The van der Waals surface area contributed by atoms with E-state index in [1.165, 1.54) is 5.56 Å². The van der Waals surface area contributed by atoms with E-state index in [1.54, 1.807) is 38.1 Å². The van der Waals surface area contributed by atoms with Crippen molar-refractivity contribution in [1.29, 1.82) is 0 Å². The molecule has 4 rings (SSSR count). The van der Waals surface area contributed by atoms with Crippen molar-refractivity contribution in [2.45, 2.75) is 32.6 Å². The number of primary amides is 1. The maximum atomic E-state index is 11.8. The molecule has 1 heterocycles. The number of nitrogens with one attached hydrogen (secondary N) is 1. The number of dihydropyridines is 1. The lowest BCUT2D eigenvalue weighted by atomic mass is 9.80. The third-order valence-corrected chi connectivity index (χ3v) is 5.56. The molecule has 6 nitrogen and oxygen atoms in total. The lowest BCUT2D eigenvalue weighted by Crippen LogP contribution is -2.33. The van der Waals surface area contributed by atoms with Crippen LogP contribution < -0.4 is 11.1 Å². The number of amides is 1. The molecule has 4 N–H and O–H groups in total. The Balaban J connectivity index is 0.000000225. The quantitative estimate of drug-likeness (QED) is 0.671. The van der Waals surface area contributed by atoms with Crippen molar-refractivity contribution in [2.24, 2.45) is 5.73 Å². The highest BCUT2D eigenvalue weighted by atomic mass is 35.5. The molecule has 1 aliphatic heterocycles. The van der Waals surface area contributed by atoms with Crippen molar-refractivity contribution < 1.29 is 19.5 Å². The van der Waals surface area contributed by atoms with Gasteiger partial charge in [0.15, 0.2) is 5.78 Å². The lowest BCUT2D eigenvalue weighted by Gasteiger charge is -2.29. The van der Waals surface area contributed by atoms with Crippen LogP contribution in [0.15, 0.2) is 71.1 Å². The van der Waals surface area contributed by atoms with Gasteiger partial charge >= 0.3 is 5.97 Å². The first kappa shape index (κ1) is 22.3. The minimum atomic E-state index is -1.10. The third kappa shape index (κ3) is 4.86. The Morgan fingerprint density at radius 1 is 1.03 bits per heavy atom. The van der Waals surface area contributed by atoms with Crippen LogP contribution in [0.5, 0.6) is 0 Å². The van der Waals surface area contributed by atoms with Crippen LogP contribution in [0.25, 0.3) is 0 Å². The number of hydrogen-bond acceptors (Lipinski definition) is 4. The minimum absolute atomic E-state index is 0.0941. The smallest absolute Gasteiger partial charge is 0.334 e. The Morgan fingerprint density at radius 3 is 2.32 bits per heavy atom. The van der Waals surface area contributed by atoms with Gasteiger partial charge in [-0.15, -0.1) is 0 Å². The molecule has 0 saturated heterocycles. The highest BCUT2D eigenvalue weighted by molar-refractivity contribution is 6.30. The summed E-state index contributed by atoms with van der Waals surface area (Å²) in [4.78, 5) is 34.4. The predicted octanol–water partition coefficient (Wildman–Crippen LogP) is 3.96. The maximum Gasteiger partial charge on any atom is 0.334 e. The Bertz CT molecular complexity index is 1100. The average Bonchev–Trinajstić information content (AvgIpc) is 2.70. The van der Waals surface area contributed by atoms with Crippen molar-refractivity contribution in [3.8, 4) is 0 Å². The number of carbonyl (C=O) groups is 3. The molecule has 0 fully saturated rings. The van der Waals surface area contributed by atoms with Gasteiger partial charge in [-0.25, -0.2) is 4.79 Å². The number of fused-ring (bicyclic) bond motifs is 2. The standard InChI is InChI=1S/C15H15ClN2O3.C9H8O/c1-7-11(14(17)19)13(9-4-3-5-10(16)6-9)12(15(20)21)8(2)18-7;10-9-5-4-7-2-1-3-8(9)6-7/h3-6,13,18H,1-2H3,(H2,17,19)(H,20,21);1-3,6H,4-5H2. The number of nitrogens with two attached hydrogens (primary N) is 1. The molecule has 31 heavy (non-hydrogen) atoms. The number of halogens is 1. The fraction of sp³-hybridized carbons (Fsp3) is 0.208. The van der Waals surface area contributed by atoms with Gasteiger partial charge in [-0.3, -0.25) is 9.59 Å². The summed E-state index contributed by atoms with van der Waals surface area (Å²) in [6, 6.07) is 14.6. The summed E-state index contributed by atoms with van der Waals surface area (Å²) in [5, 5.41) is 12.9. The van der Waals surface area contributed by atoms with E-state index in [9.17, 15) is 19.5 Å². The molecular formula is C24H23ClN2O4. The molecule has 0 radical (unpaired) electrons. The van der Waals surface area contributed by atoms with Crippen molar-refractivity contribution >= 4 is 29.3 Å². The number of hydrogen-bond donors (Lipinski definition) is 3. The van der Waals surface area contributed by atoms with Gasteiger partial charge in [0.05, 0.1) is 11.5 Å². The first-order chi connectivity index (χ1) is 14.7. The number of aliphatic carboxylic acids is 1. The number of carboxylic acid groups (broad SMARTS) is 1. The minimum Gasteiger partial charge on any atom is -0.478 e. The van der Waals surface area contributed by atoms with Crippen LogP contribution in [0.1, 0.15) is 47.7 Å². The van der Waals surface area contributed by atoms with Gasteiger partial charge in [-0.05, 0) is 49.6 Å². The monoisotopic (exact) mass is 438 g/mol. The number of Topliss-reactive ketones (excluding diaryl/α,β-unsaturated/α-hetero) is 1. The fourth-order valence-electron chi connectivity index (χ4n) is 3.93. The topological polar surface area (TPSA) is 109 Å². The zero-order chi connectivity index (χ0) is 22.7. The van der Waals surface area contributed by atoms with E-state index in [-0.39, 0.29) is 16.9 Å². The molecule has 2 aromatic carbocycles. The molecule has 1 atom stereocenters. The summed E-state index contributed by atoms with van der Waals surface area (Å²) in [5.41, 5.74) is 9.60. The summed E-state index contributed by atoms with van der Waals surface area (Å²) in [7, 11) is 0. The van der Waals surface area contributed by atoms with E-state index in [0.717, 1.165) is 12.0 Å².